The van der Waals surface area contributed by atoms with Crippen LogP contribution in [0.3, 0.4) is 0 Å². The fraction of sp³-hybridized carbons (Fsp3) is 0.545. The van der Waals surface area contributed by atoms with E-state index in [1.54, 1.807) is 0 Å². The molecule has 3 nitrogen and oxygen atoms in total. The predicted octanol–water partition coefficient (Wildman–Crippen LogP) is 5.15. The minimum absolute atomic E-state index is 0.278. The van der Waals surface area contributed by atoms with E-state index in [1.807, 2.05) is 27.7 Å². The smallest absolute Gasteiger partial charge is 0.320 e. The number of ether oxygens (including phenoxy) is 1. The maximum Gasteiger partial charge on any atom is 0.320 e. The van der Waals surface area contributed by atoms with Crippen molar-refractivity contribution in [2.75, 3.05) is 0 Å². The van der Waals surface area contributed by atoms with Gasteiger partial charge in [-0.2, -0.15) is 0 Å². The predicted molar refractivity (Wildman–Crippen MR) is 101 cm³/mol. The number of hydrogen-bond donors (Lipinski definition) is 0. The van der Waals surface area contributed by atoms with Crippen LogP contribution in [0, 0.1) is 23.7 Å². The zero-order valence-electron chi connectivity index (χ0n) is 15.9. The lowest BCUT2D eigenvalue weighted by molar-refractivity contribution is -0.164. The molecule has 0 amide bonds. The first kappa shape index (κ1) is 19.4. The van der Waals surface area contributed by atoms with Crippen LogP contribution in [0.4, 0.5) is 0 Å². The molecule has 0 spiro atoms. The van der Waals surface area contributed by atoms with Gasteiger partial charge in [-0.1, -0.05) is 47.6 Å². The van der Waals surface area contributed by atoms with Gasteiger partial charge in [-0.05, 0) is 65.2 Å². The summed E-state index contributed by atoms with van der Waals surface area (Å²) >= 11 is 0. The third-order valence-corrected chi connectivity index (χ3v) is 5.75. The molecule has 0 aliphatic heterocycles. The molecule has 0 heterocycles. The number of hydrogen-bond acceptors (Lipinski definition) is 3. The van der Waals surface area contributed by atoms with Crippen LogP contribution in [0.25, 0.3) is 0 Å². The fourth-order valence-corrected chi connectivity index (χ4v) is 3.68. The van der Waals surface area contributed by atoms with Gasteiger partial charge in [0.2, 0.25) is 0 Å². The summed E-state index contributed by atoms with van der Waals surface area (Å²) in [6.07, 6.45) is 7.31. The van der Waals surface area contributed by atoms with Gasteiger partial charge in [0.05, 0.1) is 11.8 Å². The van der Waals surface area contributed by atoms with Crippen molar-refractivity contribution < 1.29 is 14.3 Å². The van der Waals surface area contributed by atoms with Crippen LogP contribution in [0.15, 0.2) is 47.6 Å². The third kappa shape index (κ3) is 4.59. The van der Waals surface area contributed by atoms with Crippen molar-refractivity contribution in [3.63, 3.8) is 0 Å². The number of carbonyl (C=O) groups excluding carboxylic acids is 2. The minimum Gasteiger partial charge on any atom is -0.392 e. The molecule has 136 valence electrons. The van der Waals surface area contributed by atoms with Gasteiger partial charge in [0.15, 0.2) is 0 Å². The second kappa shape index (κ2) is 7.99. The zero-order chi connectivity index (χ0) is 18.7. The first-order chi connectivity index (χ1) is 11.7. The first-order valence-electron chi connectivity index (χ1n) is 9.10. The number of carbonyl (C=O) groups is 2. The average Bonchev–Trinajstić information content (AvgIpc) is 2.54. The Balaban J connectivity index is 2.05. The van der Waals surface area contributed by atoms with E-state index in [-0.39, 0.29) is 23.7 Å². The number of rotatable bonds is 4. The van der Waals surface area contributed by atoms with Gasteiger partial charge in [-0.3, -0.25) is 9.59 Å². The highest BCUT2D eigenvalue weighted by atomic mass is 16.6. The van der Waals surface area contributed by atoms with E-state index >= 15 is 0 Å². The van der Waals surface area contributed by atoms with Gasteiger partial charge < -0.3 is 4.74 Å². The maximum absolute atomic E-state index is 12.6. The fourth-order valence-electron chi connectivity index (χ4n) is 3.68. The van der Waals surface area contributed by atoms with Crippen LogP contribution in [-0.2, 0) is 14.3 Å². The van der Waals surface area contributed by atoms with Gasteiger partial charge >= 0.3 is 11.9 Å². The van der Waals surface area contributed by atoms with E-state index in [9.17, 15) is 9.59 Å². The Hall–Kier alpha value is -1.90. The number of esters is 2. The molecule has 2 rings (SSSR count). The third-order valence-electron chi connectivity index (χ3n) is 5.75. The molecule has 25 heavy (non-hydrogen) atoms. The van der Waals surface area contributed by atoms with Gasteiger partial charge in [0.1, 0.15) is 0 Å². The molecule has 2 aliphatic rings. The molecule has 0 fully saturated rings. The van der Waals surface area contributed by atoms with Crippen molar-refractivity contribution >= 4 is 11.9 Å². The van der Waals surface area contributed by atoms with Crippen LogP contribution in [-0.4, -0.2) is 11.9 Å². The van der Waals surface area contributed by atoms with E-state index in [4.69, 9.17) is 4.74 Å². The Bertz CT molecular complexity index is 594. The largest absolute Gasteiger partial charge is 0.392 e. The van der Waals surface area contributed by atoms with E-state index in [2.05, 4.69) is 25.3 Å². The summed E-state index contributed by atoms with van der Waals surface area (Å²) in [4.78, 5) is 25.2. The lowest BCUT2D eigenvalue weighted by Crippen LogP contribution is -2.31. The normalized spacial score (nSPS) is 29.3. The second-order valence-electron chi connectivity index (χ2n) is 7.77. The summed E-state index contributed by atoms with van der Waals surface area (Å²) in [6.45, 7) is 15.9. The number of allylic oxidation sites excluding steroid dienone is 4. The Morgan fingerprint density at radius 2 is 1.24 bits per heavy atom. The standard InChI is InChI=1S/C22H30O3/c1-13(2)17-9-7-15(5)19(11-17)21(23)25-22(24)20-12-18(14(3)4)10-8-16(20)6/h7-8,17-20H,1,3,9-12H2,2,4-6H3. The maximum atomic E-state index is 12.6. The summed E-state index contributed by atoms with van der Waals surface area (Å²) in [5.41, 5.74) is 4.13. The van der Waals surface area contributed by atoms with Gasteiger partial charge in [-0.25, -0.2) is 0 Å². The summed E-state index contributed by atoms with van der Waals surface area (Å²) in [7, 11) is 0. The van der Waals surface area contributed by atoms with Crippen molar-refractivity contribution in [1.82, 2.24) is 0 Å². The summed E-state index contributed by atoms with van der Waals surface area (Å²) < 4.78 is 5.31. The summed E-state index contributed by atoms with van der Waals surface area (Å²) in [5, 5.41) is 0. The van der Waals surface area contributed by atoms with E-state index < -0.39 is 11.9 Å². The Labute approximate surface area is 151 Å². The monoisotopic (exact) mass is 342 g/mol. The topological polar surface area (TPSA) is 43.4 Å². The lowest BCUT2D eigenvalue weighted by Gasteiger charge is -2.29. The average molecular weight is 342 g/mol. The molecule has 0 aromatic rings. The summed E-state index contributed by atoms with van der Waals surface area (Å²) in [6, 6.07) is 0. The molecule has 2 aliphatic carbocycles. The molecule has 3 heteroatoms. The second-order valence-corrected chi connectivity index (χ2v) is 7.77. The Morgan fingerprint density at radius 3 is 1.56 bits per heavy atom. The molecule has 4 atom stereocenters. The highest BCUT2D eigenvalue weighted by Gasteiger charge is 2.34. The van der Waals surface area contributed by atoms with Crippen LogP contribution in [0.5, 0.6) is 0 Å². The van der Waals surface area contributed by atoms with Crippen molar-refractivity contribution in [3.8, 4) is 0 Å². The molecular weight excluding hydrogens is 312 g/mol. The minimum atomic E-state index is -0.421. The van der Waals surface area contributed by atoms with E-state index in [0.29, 0.717) is 12.8 Å². The van der Waals surface area contributed by atoms with Crippen LogP contribution < -0.4 is 0 Å². The van der Waals surface area contributed by atoms with Gasteiger partial charge in [0.25, 0.3) is 0 Å². The van der Waals surface area contributed by atoms with E-state index in [0.717, 1.165) is 35.1 Å². The zero-order valence-corrected chi connectivity index (χ0v) is 15.9. The summed E-state index contributed by atoms with van der Waals surface area (Å²) in [5.74, 6) is -0.973. The highest BCUT2D eigenvalue weighted by molar-refractivity contribution is 5.90. The van der Waals surface area contributed by atoms with Crippen LogP contribution >= 0.6 is 0 Å². The SMILES string of the molecule is C=C(C)C1CC=C(C)C(C(=O)OC(=O)C2CC(C(=C)C)CC=C2C)C1. The quantitative estimate of drug-likeness (QED) is 0.403. The highest BCUT2D eigenvalue weighted by Crippen LogP contribution is 2.36. The molecule has 0 aromatic carbocycles. The molecule has 4 unspecified atom stereocenters. The Morgan fingerprint density at radius 1 is 0.880 bits per heavy atom. The molecule has 0 bridgehead atoms. The van der Waals surface area contributed by atoms with Crippen molar-refractivity contribution in [3.05, 3.63) is 47.6 Å². The molecule has 0 saturated carbocycles. The molecule has 0 radical (unpaired) electrons. The molecular formula is C22H30O3. The van der Waals surface area contributed by atoms with Gasteiger partial charge in [-0.15, -0.1) is 0 Å². The molecule has 0 saturated heterocycles. The lowest BCUT2D eigenvalue weighted by atomic mass is 9.78. The van der Waals surface area contributed by atoms with Crippen LogP contribution in [0.2, 0.25) is 0 Å². The van der Waals surface area contributed by atoms with Crippen molar-refractivity contribution in [1.29, 1.82) is 0 Å². The molecule has 0 aromatic heterocycles. The molecule has 0 N–H and O–H groups in total. The Kier molecular flexibility index (Phi) is 6.21. The van der Waals surface area contributed by atoms with Crippen molar-refractivity contribution in [2.45, 2.75) is 53.4 Å². The van der Waals surface area contributed by atoms with Crippen molar-refractivity contribution in [2.24, 2.45) is 23.7 Å². The van der Waals surface area contributed by atoms with E-state index in [1.165, 1.54) is 0 Å². The van der Waals surface area contributed by atoms with Gasteiger partial charge in [0, 0.05) is 0 Å². The first-order valence-corrected chi connectivity index (χ1v) is 9.10. The van der Waals surface area contributed by atoms with Crippen LogP contribution in [0.1, 0.15) is 53.4 Å².